The zero-order valence-corrected chi connectivity index (χ0v) is 57.2. The van der Waals surface area contributed by atoms with Gasteiger partial charge in [0.05, 0.1) is 6.61 Å². The van der Waals surface area contributed by atoms with Crippen LogP contribution in [0.25, 0.3) is 9.69 Å². The lowest BCUT2D eigenvalue weighted by molar-refractivity contribution is -0.133. The zero-order valence-electron chi connectivity index (χ0n) is 57.4. The van der Waals surface area contributed by atoms with Crippen molar-refractivity contribution in [1.29, 1.82) is 1.43 Å². The third-order valence-electron chi connectivity index (χ3n) is 19.1. The number of alkyl carbamates (subject to hydrolysis) is 1. The SMILES string of the molecule is [3H]CC1(COP(OCC[N+]#[C-])N(C(C)C)C(C)C)CCN(C(=O)CCCCCNC(=O)O[C@H]2CC[C@@]3(C)C(=CC[C@H]4[C@@H]5CC[C@H]([C@H](C)CCCC(C)C)[C@@]5(C)CC[C@@H]43)C2)CC1.[3H]OC.[C-]#[N+]CCOP(N(C(C)C)C(C)C)N(C(C)C)C(C)C. The molecule has 16 heteroatoms. The minimum Gasteiger partial charge on any atom is -0.446 e. The number of aliphatic hydroxyl groups is 1. The molecule has 1 aliphatic heterocycles. The first-order chi connectivity index (χ1) is 39.7. The third kappa shape index (κ3) is 21.4. The normalized spacial score (nSPS) is 26.2. The summed E-state index contributed by atoms with van der Waals surface area (Å²) >= 11 is 0. The van der Waals surface area contributed by atoms with Crippen molar-refractivity contribution < 1.29 is 34.4 Å². The highest BCUT2D eigenvalue weighted by Crippen LogP contribution is 2.67. The van der Waals surface area contributed by atoms with E-state index in [0.717, 1.165) is 86.9 Å². The molecule has 5 rings (SSSR count). The van der Waals surface area contributed by atoms with Gasteiger partial charge >= 0.3 is 6.09 Å². The van der Waals surface area contributed by atoms with Crippen molar-refractivity contribution in [1.82, 2.24) is 24.2 Å². The van der Waals surface area contributed by atoms with Crippen molar-refractivity contribution in [3.05, 3.63) is 34.5 Å². The van der Waals surface area contributed by atoms with E-state index in [1.54, 1.807) is 5.57 Å². The molecule has 3 saturated carbocycles. The minimum atomic E-state index is -1.35. The fourth-order valence-electron chi connectivity index (χ4n) is 15.2. The van der Waals surface area contributed by atoms with E-state index in [2.05, 4.69) is 158 Å². The van der Waals surface area contributed by atoms with E-state index in [1.807, 2.05) is 4.90 Å². The van der Waals surface area contributed by atoms with Crippen LogP contribution in [0.1, 0.15) is 235 Å². The van der Waals surface area contributed by atoms with E-state index >= 15 is 0 Å². The standard InChI is InChI=1S/C50H87N4O5P.C15H32N3OP.CH4O/c1-36(2)16-15-17-39(7)43-21-22-44-42-20-19-40-34-41(23-25-49(40,9)45(42)24-26-50(43,44)10)59-47(56)52-29-14-12-13-18-46(55)53-31-27-48(8,28-32-53)35-58-60(57-33-30-51-11)54(37(3)4)38(5)6;1-12(2)17(13(3)4)20(19-11-10-16-9)18(14(5)6)15(7)8;1-2/h19,36-39,41-45H,12-18,20-35H2,1-10H3,(H,52,56);12-15H,10-11H2,1-8H3;2H,1H3/t39-,41+,42+,43-,44+,45+,49+,50-,60?;;/m1../s1/i8T;;2T. The zero-order chi connectivity index (χ0) is 63.0. The van der Waals surface area contributed by atoms with Crippen molar-refractivity contribution in [2.24, 2.45) is 51.8 Å². The number of rotatable bonds is 30. The maximum atomic E-state index is 13.2. The predicted octanol–water partition coefficient (Wildman–Crippen LogP) is 16.6. The molecule has 0 aromatic carbocycles. The third-order valence-corrected chi connectivity index (χ3v) is 24.2. The van der Waals surface area contributed by atoms with Gasteiger partial charge in [0.15, 0.2) is 8.45 Å². The number of nitrogens with one attached hydrogen (secondary N) is 1. The first-order valence-corrected chi connectivity index (χ1v) is 34.7. The van der Waals surface area contributed by atoms with E-state index in [1.165, 1.54) is 58.5 Å². The molecular formula is C66H123N7O7P2. The van der Waals surface area contributed by atoms with Gasteiger partial charge in [-0.3, -0.25) is 4.79 Å². The molecule has 1 heterocycles. The molecule has 0 bridgehead atoms. The number of nitrogens with zero attached hydrogens (tertiary/aromatic N) is 6. The molecule has 14 nitrogen and oxygen atoms in total. The van der Waals surface area contributed by atoms with Crippen LogP contribution in [-0.4, -0.2) is 139 Å². The van der Waals surface area contributed by atoms with E-state index in [0.29, 0.717) is 88.5 Å². The lowest BCUT2D eigenvalue weighted by atomic mass is 9.47. The maximum Gasteiger partial charge on any atom is 0.407 e. The van der Waals surface area contributed by atoms with Crippen LogP contribution in [0, 0.1) is 64.9 Å². The monoisotopic (exact) mass is 1190 g/mol. The van der Waals surface area contributed by atoms with E-state index in [4.69, 9.17) is 34.3 Å². The van der Waals surface area contributed by atoms with E-state index in [9.17, 15) is 9.59 Å². The second-order valence-electron chi connectivity index (χ2n) is 27.6. The Morgan fingerprint density at radius 3 is 1.89 bits per heavy atom. The number of amides is 2. The summed E-state index contributed by atoms with van der Waals surface area (Å²) in [6.45, 7) is 56.9. The number of hydrogen-bond donors (Lipinski definition) is 2. The molecule has 474 valence electrons. The van der Waals surface area contributed by atoms with Crippen molar-refractivity contribution in [2.75, 3.05) is 59.7 Å². The highest BCUT2D eigenvalue weighted by molar-refractivity contribution is 7.47. The van der Waals surface area contributed by atoms with Crippen molar-refractivity contribution in [3.8, 4) is 0 Å². The number of unbranched alkanes of at least 4 members (excludes halogenated alkanes) is 2. The molecule has 1 saturated heterocycles. The van der Waals surface area contributed by atoms with Crippen LogP contribution >= 0.6 is 17.0 Å². The van der Waals surface area contributed by atoms with Crippen LogP contribution < -0.4 is 5.32 Å². The van der Waals surface area contributed by atoms with Crippen LogP contribution in [0.5, 0.6) is 0 Å². The fraction of sp³-hybridized carbons (Fsp3) is 0.909. The van der Waals surface area contributed by atoms with Gasteiger partial charge in [0.1, 0.15) is 19.3 Å². The van der Waals surface area contributed by atoms with Crippen molar-refractivity contribution in [3.63, 3.8) is 0 Å². The summed E-state index contributed by atoms with van der Waals surface area (Å²) < 4.78 is 46.0. The molecule has 9 atom stereocenters. The highest BCUT2D eigenvalue weighted by atomic mass is 31.2. The molecule has 82 heavy (non-hydrogen) atoms. The Balaban J connectivity index is 0.000000677. The molecule has 2 amide bonds. The van der Waals surface area contributed by atoms with Crippen LogP contribution in [0.3, 0.4) is 0 Å². The maximum absolute atomic E-state index is 13.2. The Morgan fingerprint density at radius 1 is 0.756 bits per heavy atom. The Bertz CT molecular complexity index is 1970. The van der Waals surface area contributed by atoms with Crippen LogP contribution in [0.4, 0.5) is 4.79 Å². The topological polar surface area (TPSA) is 125 Å². The second kappa shape index (κ2) is 36.4. The summed E-state index contributed by atoms with van der Waals surface area (Å²) in [4.78, 5) is 34.9. The first-order valence-electron chi connectivity index (χ1n) is 33.5. The van der Waals surface area contributed by atoms with Gasteiger partial charge in [0.25, 0.3) is 8.53 Å². The van der Waals surface area contributed by atoms with Crippen LogP contribution in [-0.2, 0) is 23.1 Å². The number of fused-ring (bicyclic) bond motifs is 5. The largest absolute Gasteiger partial charge is 0.446 e. The molecule has 1 unspecified atom stereocenters. The first kappa shape index (κ1) is 70.8. The van der Waals surface area contributed by atoms with Gasteiger partial charge in [0, 0.05) is 77.2 Å². The van der Waals surface area contributed by atoms with E-state index < -0.39 is 17.0 Å². The Hall–Kier alpha value is -1.96. The fourth-order valence-corrected chi connectivity index (χ4v) is 19.2. The highest BCUT2D eigenvalue weighted by Gasteiger charge is 2.59. The average Bonchev–Trinajstić information content (AvgIpc) is 1.37. The number of hydrogen-bond acceptors (Lipinski definition) is 10. The number of ether oxygens (including phenoxy) is 1. The summed E-state index contributed by atoms with van der Waals surface area (Å²) in [6, 6.07) is 2.15. The van der Waals surface area contributed by atoms with Crippen molar-refractivity contribution >= 4 is 29.0 Å². The van der Waals surface area contributed by atoms with Gasteiger partial charge in [-0.1, -0.05) is 78.9 Å². The molecule has 0 radical (unpaired) electrons. The van der Waals surface area contributed by atoms with Gasteiger partial charge in [-0.25, -0.2) is 32.0 Å². The van der Waals surface area contributed by atoms with Gasteiger partial charge in [-0.2, -0.15) is 0 Å². The van der Waals surface area contributed by atoms with Gasteiger partial charge < -0.3 is 43.3 Å². The molecule has 0 aromatic rings. The summed E-state index contributed by atoms with van der Waals surface area (Å²) in [5.74, 6) is 5.13. The molecule has 2 N–H and O–H groups in total. The molecule has 0 spiro atoms. The van der Waals surface area contributed by atoms with Crippen molar-refractivity contribution in [2.45, 2.75) is 276 Å². The number of allylic oxidation sites excluding steroid dienone is 1. The number of carbonyl (C=O) groups excluding carboxylic acids is 2. The molecule has 4 aliphatic carbocycles. The van der Waals surface area contributed by atoms with E-state index in [-0.39, 0.29) is 47.9 Å². The van der Waals surface area contributed by atoms with Gasteiger partial charge in [-0.15, -0.1) is 0 Å². The predicted molar refractivity (Wildman–Crippen MR) is 343 cm³/mol. The average molecular weight is 1190 g/mol. The number of piperidine rings is 1. The van der Waals surface area contributed by atoms with Gasteiger partial charge in [0.2, 0.25) is 20.4 Å². The minimum absolute atomic E-state index is 0.0456. The van der Waals surface area contributed by atoms with Crippen LogP contribution in [0.15, 0.2) is 11.6 Å². The number of carbonyl (C=O) groups is 2. The summed E-state index contributed by atoms with van der Waals surface area (Å²) in [5.41, 5.74) is 2.00. The molecule has 5 aliphatic rings. The summed E-state index contributed by atoms with van der Waals surface area (Å²) in [7, 11) is -0.891. The quantitative estimate of drug-likeness (QED) is 0.0311. The molecule has 4 fully saturated rings. The second-order valence-corrected chi connectivity index (χ2v) is 30.7. The molecule has 0 aromatic heterocycles. The molecular weight excluding hydrogens is 1060 g/mol. The van der Waals surface area contributed by atoms with Crippen LogP contribution in [0.2, 0.25) is 0 Å². The lowest BCUT2D eigenvalue weighted by Crippen LogP contribution is -2.51. The summed E-state index contributed by atoms with van der Waals surface area (Å²) in [6.07, 6.45) is 20.6. The Labute approximate surface area is 508 Å². The summed E-state index contributed by atoms with van der Waals surface area (Å²) in [5, 5.41) is 6.51. The smallest absolute Gasteiger partial charge is 0.407 e. The van der Waals surface area contributed by atoms with Gasteiger partial charge in [-0.05, 0) is 205 Å². The lowest BCUT2D eigenvalue weighted by Gasteiger charge is -2.58. The Kier molecular flexibility index (Phi) is 31.4. The number of aliphatic hydroxyl groups excluding tert-OH is 1. The Morgan fingerprint density at radius 2 is 1.34 bits per heavy atom. The number of likely N-dealkylation sites (tertiary alicyclic amines) is 1.